The fraction of sp³-hybridized carbons (Fsp3) is 0.810. The second-order valence-electron chi connectivity index (χ2n) is 21.2. The summed E-state index contributed by atoms with van der Waals surface area (Å²) in [5, 5.41) is 56.9. The molecule has 1 heterocycles. The lowest BCUT2D eigenvalue weighted by Gasteiger charge is -2.41. The van der Waals surface area contributed by atoms with E-state index < -0.39 is 67.4 Å². The molecule has 1 fully saturated rings. The zero-order valence-electron chi connectivity index (χ0n) is 47.5. The molecule has 0 spiro atoms. The van der Waals surface area contributed by atoms with Crippen molar-refractivity contribution >= 4 is 11.9 Å². The van der Waals surface area contributed by atoms with Gasteiger partial charge in [0.15, 0.2) is 12.4 Å². The van der Waals surface area contributed by atoms with Crippen LogP contribution in [0.4, 0.5) is 0 Å². The first-order valence-corrected chi connectivity index (χ1v) is 30.6. The van der Waals surface area contributed by atoms with Crippen molar-refractivity contribution in [2.24, 2.45) is 0 Å². The number of ether oxygens (including phenoxy) is 3. The molecule has 11 nitrogen and oxygen atoms in total. The van der Waals surface area contributed by atoms with Gasteiger partial charge in [-0.1, -0.05) is 274 Å². The van der Waals surface area contributed by atoms with E-state index in [9.17, 15) is 35.1 Å². The van der Waals surface area contributed by atoms with Gasteiger partial charge in [0.1, 0.15) is 24.4 Å². The average molecular weight is 1040 g/mol. The molecule has 6 N–H and O–H groups in total. The van der Waals surface area contributed by atoms with E-state index in [2.05, 4.69) is 38.2 Å². The maximum absolute atomic E-state index is 13.4. The zero-order chi connectivity index (χ0) is 54.0. The number of aliphatic hydroxyl groups is 5. The number of nitrogens with one attached hydrogen (secondary N) is 1. The van der Waals surface area contributed by atoms with Crippen LogP contribution in [0, 0.1) is 0 Å². The summed E-state index contributed by atoms with van der Waals surface area (Å²) in [4.78, 5) is 26.5. The SMILES string of the molecule is CC/C=C/C=C/C=C/C=C\CCCCCCC(O)C(=O)NC(COC1OC(CO)C(O)C(O)C1OC(=O)CCCCCCCCCCCCCCCCCCCCC)C(O)/C=C/CCCCCCCCCCCC. The predicted molar refractivity (Wildman–Crippen MR) is 306 cm³/mol. The van der Waals surface area contributed by atoms with E-state index in [1.165, 1.54) is 148 Å². The van der Waals surface area contributed by atoms with Crippen LogP contribution < -0.4 is 5.32 Å². The number of aliphatic hydroxyl groups excluding tert-OH is 5. The number of amides is 1. The highest BCUT2D eigenvalue weighted by atomic mass is 16.7. The van der Waals surface area contributed by atoms with Crippen LogP contribution >= 0.6 is 0 Å². The maximum atomic E-state index is 13.4. The summed E-state index contributed by atoms with van der Waals surface area (Å²) < 4.78 is 17.6. The first-order valence-electron chi connectivity index (χ1n) is 30.6. The van der Waals surface area contributed by atoms with Crippen LogP contribution in [0.3, 0.4) is 0 Å². The lowest BCUT2D eigenvalue weighted by atomic mass is 9.99. The van der Waals surface area contributed by atoms with E-state index in [1.54, 1.807) is 6.08 Å². The summed E-state index contributed by atoms with van der Waals surface area (Å²) in [7, 11) is 0. The van der Waals surface area contributed by atoms with E-state index in [4.69, 9.17) is 14.2 Å². The zero-order valence-corrected chi connectivity index (χ0v) is 47.5. The molecule has 1 saturated heterocycles. The molecular weight excluding hydrogens is 931 g/mol. The van der Waals surface area contributed by atoms with Crippen LogP contribution in [-0.2, 0) is 23.8 Å². The summed E-state index contributed by atoms with van der Waals surface area (Å²) in [6.07, 6.45) is 52.6. The molecule has 0 saturated carbocycles. The average Bonchev–Trinajstić information content (AvgIpc) is 3.40. The molecule has 11 heteroatoms. The Bertz CT molecular complexity index is 1430. The molecule has 74 heavy (non-hydrogen) atoms. The molecule has 1 rings (SSSR count). The minimum absolute atomic E-state index is 0.123. The summed E-state index contributed by atoms with van der Waals surface area (Å²) in [6.45, 7) is 5.64. The molecular formula is C63H113NO10. The third kappa shape index (κ3) is 38.8. The van der Waals surface area contributed by atoms with Gasteiger partial charge in [-0.2, -0.15) is 0 Å². The number of carbonyl (C=O) groups excluding carboxylic acids is 2. The Balaban J connectivity index is 2.68. The monoisotopic (exact) mass is 1040 g/mol. The number of hydrogen-bond acceptors (Lipinski definition) is 10. The Morgan fingerprint density at radius 2 is 0.973 bits per heavy atom. The summed E-state index contributed by atoms with van der Waals surface area (Å²) in [6, 6.07) is -1.04. The van der Waals surface area contributed by atoms with E-state index in [1.807, 2.05) is 42.5 Å². The summed E-state index contributed by atoms with van der Waals surface area (Å²) in [5.74, 6) is -1.21. The number of unbranched alkanes of at least 4 members (excludes halogenated alkanes) is 32. The lowest BCUT2D eigenvalue weighted by molar-refractivity contribution is -0.305. The highest BCUT2D eigenvalue weighted by Crippen LogP contribution is 2.26. The number of carbonyl (C=O) groups is 2. The van der Waals surface area contributed by atoms with Crippen molar-refractivity contribution in [3.8, 4) is 0 Å². The van der Waals surface area contributed by atoms with Gasteiger partial charge in [0.05, 0.1) is 25.4 Å². The second-order valence-corrected chi connectivity index (χ2v) is 21.2. The third-order valence-corrected chi connectivity index (χ3v) is 14.3. The van der Waals surface area contributed by atoms with Gasteiger partial charge >= 0.3 is 5.97 Å². The quantitative estimate of drug-likeness (QED) is 0.0149. The van der Waals surface area contributed by atoms with Crippen molar-refractivity contribution in [3.05, 3.63) is 60.8 Å². The molecule has 0 bridgehead atoms. The van der Waals surface area contributed by atoms with Gasteiger partial charge in [-0.15, -0.1) is 0 Å². The second kappa shape index (κ2) is 51.1. The van der Waals surface area contributed by atoms with Gasteiger partial charge in [0, 0.05) is 6.42 Å². The van der Waals surface area contributed by atoms with Crippen LogP contribution in [0.1, 0.15) is 265 Å². The Hall–Kier alpha value is -2.64. The van der Waals surface area contributed by atoms with Crippen molar-refractivity contribution in [2.75, 3.05) is 13.2 Å². The molecule has 0 radical (unpaired) electrons. The van der Waals surface area contributed by atoms with E-state index in [0.717, 1.165) is 70.6 Å². The summed E-state index contributed by atoms with van der Waals surface area (Å²) >= 11 is 0. The normalized spacial score (nSPS) is 19.7. The largest absolute Gasteiger partial charge is 0.454 e. The maximum Gasteiger partial charge on any atom is 0.306 e. The molecule has 0 aromatic rings. The minimum Gasteiger partial charge on any atom is -0.454 e. The van der Waals surface area contributed by atoms with Crippen LogP contribution in [0.25, 0.3) is 0 Å². The Morgan fingerprint density at radius 1 is 0.541 bits per heavy atom. The van der Waals surface area contributed by atoms with Gasteiger partial charge in [0.2, 0.25) is 5.91 Å². The van der Waals surface area contributed by atoms with Crippen LogP contribution in [0.2, 0.25) is 0 Å². The fourth-order valence-electron chi connectivity index (χ4n) is 9.43. The highest BCUT2D eigenvalue weighted by Gasteiger charge is 2.47. The van der Waals surface area contributed by atoms with Crippen molar-refractivity contribution in [3.63, 3.8) is 0 Å². The molecule has 0 aliphatic carbocycles. The Labute approximate surface area is 452 Å². The first kappa shape index (κ1) is 69.4. The van der Waals surface area contributed by atoms with Gasteiger partial charge in [-0.05, 0) is 44.9 Å². The fourth-order valence-corrected chi connectivity index (χ4v) is 9.43. The van der Waals surface area contributed by atoms with Gasteiger partial charge in [-0.25, -0.2) is 0 Å². The van der Waals surface area contributed by atoms with Crippen molar-refractivity contribution in [1.82, 2.24) is 5.32 Å². The molecule has 1 aliphatic rings. The first-order chi connectivity index (χ1) is 36.2. The molecule has 1 aliphatic heterocycles. The van der Waals surface area contributed by atoms with Crippen molar-refractivity contribution < 1.29 is 49.3 Å². The topological polar surface area (TPSA) is 175 Å². The van der Waals surface area contributed by atoms with E-state index in [-0.39, 0.29) is 19.4 Å². The van der Waals surface area contributed by atoms with Crippen LogP contribution in [0.15, 0.2) is 60.8 Å². The highest BCUT2D eigenvalue weighted by molar-refractivity contribution is 5.80. The number of hydrogen-bond donors (Lipinski definition) is 6. The summed E-state index contributed by atoms with van der Waals surface area (Å²) in [5.41, 5.74) is 0. The van der Waals surface area contributed by atoms with Gasteiger partial charge < -0.3 is 45.1 Å². The van der Waals surface area contributed by atoms with Crippen molar-refractivity contribution in [2.45, 2.75) is 314 Å². The van der Waals surface area contributed by atoms with Gasteiger partial charge in [0.25, 0.3) is 0 Å². The standard InChI is InChI=1S/C63H113NO10/c1-4-7-10-13-16-19-22-25-27-28-29-30-31-33-36-39-42-45-48-51-58(68)74-61-60(70)59(69)57(52-65)73-63(61)72-53-54(55(66)49-46-43-40-37-34-24-21-18-15-12-9-6-3)64-62(71)56(67)50-47-44-41-38-35-32-26-23-20-17-14-11-8-5-2/h8,11,14,17,20,23,26,32,46,49,54-57,59-61,63,65-67,69-70H,4-7,9-10,12-13,15-16,18-19,21-22,24-25,27-31,33-45,47-48,50-53H2,1-3H3,(H,64,71)/b11-8+,17-14+,23-20+,32-26-,49-46+. The Kier molecular flexibility index (Phi) is 47.9. The Morgan fingerprint density at radius 3 is 1.46 bits per heavy atom. The van der Waals surface area contributed by atoms with Crippen molar-refractivity contribution in [1.29, 1.82) is 0 Å². The molecule has 8 unspecified atom stereocenters. The third-order valence-electron chi connectivity index (χ3n) is 14.3. The molecule has 0 aromatic carbocycles. The molecule has 430 valence electrons. The molecule has 1 amide bonds. The molecule has 8 atom stereocenters. The van der Waals surface area contributed by atoms with Gasteiger partial charge in [-0.3, -0.25) is 9.59 Å². The minimum atomic E-state index is -1.62. The lowest BCUT2D eigenvalue weighted by Crippen LogP contribution is -2.61. The predicted octanol–water partition coefficient (Wildman–Crippen LogP) is 14.2. The number of esters is 1. The van der Waals surface area contributed by atoms with E-state index in [0.29, 0.717) is 12.8 Å². The smallest absolute Gasteiger partial charge is 0.306 e. The number of allylic oxidation sites excluding steroid dienone is 9. The number of rotatable bonds is 51. The van der Waals surface area contributed by atoms with Crippen LogP contribution in [0.5, 0.6) is 0 Å². The molecule has 0 aromatic heterocycles. The van der Waals surface area contributed by atoms with E-state index >= 15 is 0 Å². The van der Waals surface area contributed by atoms with Crippen LogP contribution in [-0.4, -0.2) is 99.6 Å².